The lowest BCUT2D eigenvalue weighted by Crippen LogP contribution is -2.48. The second-order valence-corrected chi connectivity index (χ2v) is 9.56. The van der Waals surface area contributed by atoms with Crippen molar-refractivity contribution in [3.63, 3.8) is 0 Å². The molecule has 0 saturated carbocycles. The summed E-state index contributed by atoms with van der Waals surface area (Å²) in [6.45, 7) is 3.09. The Morgan fingerprint density at radius 1 is 0.829 bits per heavy atom. The number of carbonyl (C=O) groups excluding carboxylic acids is 2. The van der Waals surface area contributed by atoms with E-state index >= 15 is 0 Å². The van der Waals surface area contributed by atoms with E-state index in [4.69, 9.17) is 4.74 Å². The van der Waals surface area contributed by atoms with Crippen LogP contribution >= 0.6 is 0 Å². The number of ether oxygens (including phenoxy) is 1. The number of rotatable bonds is 5. The summed E-state index contributed by atoms with van der Waals surface area (Å²) in [5.41, 5.74) is 1.94. The van der Waals surface area contributed by atoms with Crippen LogP contribution in [0.2, 0.25) is 0 Å². The normalized spacial score (nSPS) is 17.4. The molecule has 2 aliphatic rings. The average Bonchev–Trinajstić information content (AvgIpc) is 2.93. The van der Waals surface area contributed by atoms with E-state index in [0.29, 0.717) is 25.9 Å². The van der Waals surface area contributed by atoms with Gasteiger partial charge in [-0.3, -0.25) is 9.59 Å². The van der Waals surface area contributed by atoms with Gasteiger partial charge < -0.3 is 19.9 Å². The van der Waals surface area contributed by atoms with Crippen LogP contribution in [0.4, 0.5) is 5.69 Å². The lowest BCUT2D eigenvalue weighted by atomic mass is 9.93. The van der Waals surface area contributed by atoms with Crippen molar-refractivity contribution in [3.8, 4) is 5.75 Å². The number of anilines is 1. The van der Waals surface area contributed by atoms with Crippen LogP contribution in [-0.4, -0.2) is 56.0 Å². The van der Waals surface area contributed by atoms with E-state index in [9.17, 15) is 9.59 Å². The fraction of sp³-hybridized carbons (Fsp3) is 0.379. The molecule has 0 aliphatic carbocycles. The number of carbonyl (C=O) groups is 2. The third-order valence-electron chi connectivity index (χ3n) is 7.45. The van der Waals surface area contributed by atoms with Gasteiger partial charge in [0.05, 0.1) is 7.11 Å². The molecule has 3 aromatic rings. The van der Waals surface area contributed by atoms with E-state index in [-0.39, 0.29) is 23.8 Å². The Balaban J connectivity index is 1.10. The van der Waals surface area contributed by atoms with Gasteiger partial charge in [-0.05, 0) is 66.8 Å². The maximum atomic E-state index is 13.2. The number of likely N-dealkylation sites (tertiary alicyclic amines) is 1. The highest BCUT2D eigenvalue weighted by Crippen LogP contribution is 2.25. The van der Waals surface area contributed by atoms with Crippen LogP contribution in [0.3, 0.4) is 0 Å². The number of fused-ring (bicyclic) bond motifs is 1. The van der Waals surface area contributed by atoms with Crippen molar-refractivity contribution in [2.75, 3.05) is 38.2 Å². The minimum absolute atomic E-state index is 0.0221. The monoisotopic (exact) mass is 471 g/mol. The second kappa shape index (κ2) is 10.4. The number of nitrogens with zero attached hydrogens (tertiary/aromatic N) is 2. The molecule has 0 radical (unpaired) electrons. The van der Waals surface area contributed by atoms with Crippen LogP contribution < -0.4 is 15.0 Å². The molecular weight excluding hydrogens is 438 g/mol. The minimum Gasteiger partial charge on any atom is -0.497 e. The van der Waals surface area contributed by atoms with Gasteiger partial charge in [-0.2, -0.15) is 0 Å². The predicted octanol–water partition coefficient (Wildman–Crippen LogP) is 4.49. The number of amides is 2. The summed E-state index contributed by atoms with van der Waals surface area (Å²) in [5, 5.41) is 5.35. The van der Waals surface area contributed by atoms with Gasteiger partial charge in [0.25, 0.3) is 5.91 Å². The average molecular weight is 472 g/mol. The standard InChI is InChI=1S/C29H33N3O3/c1-35-25-11-9-24(10-12-25)31-19-15-23(16-20-31)30-28(33)22-13-17-32(18-14-22)29(34)27-8-4-6-21-5-2-3-7-26(21)27/h2-12,22-23H,13-20H2,1H3,(H,30,33). The lowest BCUT2D eigenvalue weighted by Gasteiger charge is -2.36. The number of hydrogen-bond acceptors (Lipinski definition) is 4. The predicted molar refractivity (Wildman–Crippen MR) is 139 cm³/mol. The molecule has 2 fully saturated rings. The minimum atomic E-state index is -0.0221. The zero-order valence-corrected chi connectivity index (χ0v) is 20.3. The first kappa shape index (κ1) is 23.2. The van der Waals surface area contributed by atoms with Gasteiger partial charge in [0.2, 0.25) is 5.91 Å². The van der Waals surface area contributed by atoms with E-state index in [1.54, 1.807) is 7.11 Å². The van der Waals surface area contributed by atoms with Gasteiger partial charge in [0.1, 0.15) is 5.75 Å². The van der Waals surface area contributed by atoms with Crippen molar-refractivity contribution in [2.24, 2.45) is 5.92 Å². The van der Waals surface area contributed by atoms with Gasteiger partial charge in [-0.1, -0.05) is 36.4 Å². The van der Waals surface area contributed by atoms with Gasteiger partial charge in [0, 0.05) is 49.4 Å². The number of hydrogen-bond donors (Lipinski definition) is 1. The van der Waals surface area contributed by atoms with Crippen LogP contribution in [0.25, 0.3) is 10.8 Å². The topological polar surface area (TPSA) is 61.9 Å². The molecule has 2 saturated heterocycles. The Bertz CT molecular complexity index is 1170. The zero-order valence-electron chi connectivity index (χ0n) is 20.3. The molecule has 2 heterocycles. The highest BCUT2D eigenvalue weighted by Gasteiger charge is 2.30. The number of nitrogens with one attached hydrogen (secondary N) is 1. The van der Waals surface area contributed by atoms with E-state index in [1.165, 1.54) is 5.69 Å². The Hall–Kier alpha value is -3.54. The molecule has 0 atom stereocenters. The zero-order chi connectivity index (χ0) is 24.2. The van der Waals surface area contributed by atoms with Gasteiger partial charge in [0.15, 0.2) is 0 Å². The lowest BCUT2D eigenvalue weighted by molar-refractivity contribution is -0.127. The molecule has 0 unspecified atom stereocenters. The molecule has 2 amide bonds. The number of piperidine rings is 2. The first-order chi connectivity index (χ1) is 17.1. The molecule has 6 heteroatoms. The summed E-state index contributed by atoms with van der Waals surface area (Å²) in [5.74, 6) is 1.05. The van der Waals surface area contributed by atoms with Crippen molar-refractivity contribution < 1.29 is 14.3 Å². The van der Waals surface area contributed by atoms with Crippen molar-refractivity contribution in [2.45, 2.75) is 31.7 Å². The van der Waals surface area contributed by atoms with Gasteiger partial charge in [-0.15, -0.1) is 0 Å². The van der Waals surface area contributed by atoms with Crippen molar-refractivity contribution >= 4 is 28.3 Å². The molecule has 0 aromatic heterocycles. The number of benzene rings is 3. The van der Waals surface area contributed by atoms with Gasteiger partial charge in [-0.25, -0.2) is 0 Å². The summed E-state index contributed by atoms with van der Waals surface area (Å²) < 4.78 is 5.25. The third-order valence-corrected chi connectivity index (χ3v) is 7.45. The van der Waals surface area contributed by atoms with Crippen LogP contribution in [0.1, 0.15) is 36.0 Å². The van der Waals surface area contributed by atoms with Crippen LogP contribution in [0, 0.1) is 5.92 Å². The van der Waals surface area contributed by atoms with Crippen LogP contribution in [-0.2, 0) is 4.79 Å². The maximum absolute atomic E-state index is 13.2. The Morgan fingerprint density at radius 2 is 1.51 bits per heavy atom. The van der Waals surface area contributed by atoms with E-state index < -0.39 is 0 Å². The Labute approximate surface area is 206 Å². The fourth-order valence-corrected chi connectivity index (χ4v) is 5.32. The molecule has 5 rings (SSSR count). The van der Waals surface area contributed by atoms with Gasteiger partial charge >= 0.3 is 0 Å². The molecule has 3 aromatic carbocycles. The van der Waals surface area contributed by atoms with Crippen molar-refractivity contribution in [1.29, 1.82) is 0 Å². The SMILES string of the molecule is COc1ccc(N2CCC(NC(=O)C3CCN(C(=O)c4cccc5ccccc45)CC3)CC2)cc1. The molecule has 0 bridgehead atoms. The quantitative estimate of drug-likeness (QED) is 0.596. The molecule has 2 aliphatic heterocycles. The smallest absolute Gasteiger partial charge is 0.254 e. The van der Waals surface area contributed by atoms with Crippen molar-refractivity contribution in [3.05, 3.63) is 72.3 Å². The summed E-state index contributed by atoms with van der Waals surface area (Å²) >= 11 is 0. The highest BCUT2D eigenvalue weighted by molar-refractivity contribution is 6.07. The van der Waals surface area contributed by atoms with E-state index in [1.807, 2.05) is 59.5 Å². The largest absolute Gasteiger partial charge is 0.497 e. The molecule has 35 heavy (non-hydrogen) atoms. The highest BCUT2D eigenvalue weighted by atomic mass is 16.5. The maximum Gasteiger partial charge on any atom is 0.254 e. The number of methoxy groups -OCH3 is 1. The second-order valence-electron chi connectivity index (χ2n) is 9.56. The van der Waals surface area contributed by atoms with Crippen molar-refractivity contribution in [1.82, 2.24) is 10.2 Å². The summed E-state index contributed by atoms with van der Waals surface area (Å²) in [6.07, 6.45) is 3.31. The summed E-state index contributed by atoms with van der Waals surface area (Å²) in [7, 11) is 1.68. The first-order valence-corrected chi connectivity index (χ1v) is 12.6. The van der Waals surface area contributed by atoms with Crippen LogP contribution in [0.5, 0.6) is 5.75 Å². The molecule has 1 N–H and O–H groups in total. The molecule has 0 spiro atoms. The first-order valence-electron chi connectivity index (χ1n) is 12.6. The third kappa shape index (κ3) is 5.11. The summed E-state index contributed by atoms with van der Waals surface area (Å²) in [6, 6.07) is 22.2. The van der Waals surface area contributed by atoms with E-state index in [2.05, 4.69) is 22.3 Å². The van der Waals surface area contributed by atoms with Crippen LogP contribution in [0.15, 0.2) is 66.7 Å². The molecular formula is C29H33N3O3. The summed E-state index contributed by atoms with van der Waals surface area (Å²) in [4.78, 5) is 30.4. The fourth-order valence-electron chi connectivity index (χ4n) is 5.32. The molecule has 6 nitrogen and oxygen atoms in total. The van der Waals surface area contributed by atoms with E-state index in [0.717, 1.165) is 48.0 Å². The Kier molecular flexibility index (Phi) is 6.89. The molecule has 182 valence electrons. The Morgan fingerprint density at radius 3 is 2.23 bits per heavy atom.